The third-order valence-corrected chi connectivity index (χ3v) is 7.85. The van der Waals surface area contributed by atoms with Crippen molar-refractivity contribution in [1.82, 2.24) is 5.32 Å². The lowest BCUT2D eigenvalue weighted by atomic mass is 10.1. The van der Waals surface area contributed by atoms with Crippen LogP contribution in [-0.2, 0) is 12.8 Å². The minimum atomic E-state index is -0.213. The summed E-state index contributed by atoms with van der Waals surface area (Å²) in [6.07, 6.45) is 2.99. The van der Waals surface area contributed by atoms with Crippen LogP contribution < -0.4 is 20.8 Å². The Balaban J connectivity index is 1.14. The van der Waals surface area contributed by atoms with Crippen molar-refractivity contribution >= 4 is 43.1 Å². The molecule has 0 aliphatic heterocycles. The molecule has 0 radical (unpaired) electrons. The summed E-state index contributed by atoms with van der Waals surface area (Å²) in [6.45, 7) is 1.89. The molecular weight excluding hydrogens is 492 g/mol. The van der Waals surface area contributed by atoms with Gasteiger partial charge in [0.1, 0.15) is 5.75 Å². The van der Waals surface area contributed by atoms with Crippen LogP contribution in [0, 0.1) is 0 Å². The molecule has 2 N–H and O–H groups in total. The Labute approximate surface area is 226 Å². The van der Waals surface area contributed by atoms with Gasteiger partial charge >= 0.3 is 0 Å². The smallest absolute Gasteiger partial charge is 0.257 e. The van der Waals surface area contributed by atoms with Crippen molar-refractivity contribution in [3.63, 3.8) is 0 Å². The quantitative estimate of drug-likeness (QED) is 0.164. The van der Waals surface area contributed by atoms with E-state index in [0.29, 0.717) is 21.0 Å². The SMILES string of the molecule is COc1ccc(CCNCCCc2ccc(NC(=O)c3cccc4c(=O)c5ccccc5sc34)cc2)cc1. The molecule has 0 bridgehead atoms. The second-order valence-electron chi connectivity index (χ2n) is 9.21. The molecule has 4 aromatic carbocycles. The predicted molar refractivity (Wildman–Crippen MR) is 158 cm³/mol. The maximum atomic E-state index is 13.1. The van der Waals surface area contributed by atoms with Crippen molar-refractivity contribution in [3.05, 3.63) is 118 Å². The Kier molecular flexibility index (Phi) is 8.12. The molecule has 0 aliphatic carbocycles. The highest BCUT2D eigenvalue weighted by molar-refractivity contribution is 7.24. The van der Waals surface area contributed by atoms with Gasteiger partial charge in [-0.2, -0.15) is 0 Å². The molecule has 5 rings (SSSR count). The lowest BCUT2D eigenvalue weighted by Crippen LogP contribution is -2.19. The molecule has 0 unspecified atom stereocenters. The summed E-state index contributed by atoms with van der Waals surface area (Å²) in [5.41, 5.74) is 3.74. The lowest BCUT2D eigenvalue weighted by molar-refractivity contribution is 0.102. The fourth-order valence-electron chi connectivity index (χ4n) is 4.52. The van der Waals surface area contributed by atoms with Crippen molar-refractivity contribution in [2.24, 2.45) is 0 Å². The van der Waals surface area contributed by atoms with Crippen LogP contribution in [0.4, 0.5) is 5.69 Å². The molecule has 1 heterocycles. The van der Waals surface area contributed by atoms with Gasteiger partial charge in [0.05, 0.1) is 17.4 Å². The molecule has 0 saturated carbocycles. The largest absolute Gasteiger partial charge is 0.497 e. The van der Waals surface area contributed by atoms with Gasteiger partial charge in [-0.3, -0.25) is 9.59 Å². The molecule has 192 valence electrons. The third-order valence-electron chi connectivity index (χ3n) is 6.63. The first-order valence-electron chi connectivity index (χ1n) is 12.8. The van der Waals surface area contributed by atoms with Crippen LogP contribution in [0.3, 0.4) is 0 Å². The van der Waals surface area contributed by atoms with Gasteiger partial charge in [0, 0.05) is 21.2 Å². The molecule has 1 amide bonds. The fourth-order valence-corrected chi connectivity index (χ4v) is 5.70. The zero-order valence-electron chi connectivity index (χ0n) is 21.3. The van der Waals surface area contributed by atoms with E-state index in [0.717, 1.165) is 48.5 Å². The Morgan fingerprint density at radius 1 is 0.789 bits per heavy atom. The maximum Gasteiger partial charge on any atom is 0.257 e. The molecule has 6 heteroatoms. The van der Waals surface area contributed by atoms with Gasteiger partial charge in [-0.25, -0.2) is 0 Å². The van der Waals surface area contributed by atoms with E-state index in [-0.39, 0.29) is 11.3 Å². The van der Waals surface area contributed by atoms with Crippen LogP contribution in [0.25, 0.3) is 20.2 Å². The molecule has 0 saturated heterocycles. The third kappa shape index (κ3) is 5.93. The molecule has 1 aromatic heterocycles. The lowest BCUT2D eigenvalue weighted by Gasteiger charge is -2.10. The molecular formula is C32H30N2O3S. The van der Waals surface area contributed by atoms with E-state index in [1.54, 1.807) is 25.3 Å². The Morgan fingerprint density at radius 2 is 1.50 bits per heavy atom. The van der Waals surface area contributed by atoms with Gasteiger partial charge < -0.3 is 15.4 Å². The van der Waals surface area contributed by atoms with Gasteiger partial charge in [-0.05, 0) is 92.0 Å². The van der Waals surface area contributed by atoms with E-state index >= 15 is 0 Å². The van der Waals surface area contributed by atoms with E-state index in [1.165, 1.54) is 22.5 Å². The Hall–Kier alpha value is -4.00. The van der Waals surface area contributed by atoms with Crippen molar-refractivity contribution in [2.75, 3.05) is 25.5 Å². The number of amides is 1. The number of carbonyl (C=O) groups excluding carboxylic acids is 1. The highest BCUT2D eigenvalue weighted by Crippen LogP contribution is 2.28. The summed E-state index contributed by atoms with van der Waals surface area (Å²) < 4.78 is 6.79. The van der Waals surface area contributed by atoms with Gasteiger partial charge in [0.15, 0.2) is 5.43 Å². The number of benzene rings is 4. The molecule has 0 spiro atoms. The van der Waals surface area contributed by atoms with E-state index < -0.39 is 0 Å². The number of fused-ring (bicyclic) bond motifs is 2. The molecule has 0 atom stereocenters. The minimum Gasteiger partial charge on any atom is -0.497 e. The first kappa shape index (κ1) is 25.6. The standard InChI is InChI=1S/C32H30N2O3S/c1-37-25-17-13-23(14-18-25)19-21-33-20-5-6-22-11-15-24(16-12-22)34-32(36)28-9-4-8-27-30(35)26-7-2-3-10-29(26)38-31(27)28/h2-4,7-18,33H,5-6,19-21H2,1H3,(H,34,36). The molecule has 38 heavy (non-hydrogen) atoms. The summed E-state index contributed by atoms with van der Waals surface area (Å²) >= 11 is 1.48. The predicted octanol–water partition coefficient (Wildman–Crippen LogP) is 6.44. The van der Waals surface area contributed by atoms with Crippen LogP contribution in [0.2, 0.25) is 0 Å². The zero-order valence-corrected chi connectivity index (χ0v) is 22.1. The van der Waals surface area contributed by atoms with Crippen molar-refractivity contribution in [3.8, 4) is 5.75 Å². The van der Waals surface area contributed by atoms with Gasteiger partial charge in [0.2, 0.25) is 0 Å². The average Bonchev–Trinajstić information content (AvgIpc) is 2.96. The normalized spacial score (nSPS) is 11.1. The van der Waals surface area contributed by atoms with Crippen LogP contribution in [-0.4, -0.2) is 26.1 Å². The van der Waals surface area contributed by atoms with Crippen molar-refractivity contribution in [1.29, 1.82) is 0 Å². The number of anilines is 1. The summed E-state index contributed by atoms with van der Waals surface area (Å²) in [5.74, 6) is 0.670. The highest BCUT2D eigenvalue weighted by Gasteiger charge is 2.14. The number of carbonyl (C=O) groups is 1. The second-order valence-corrected chi connectivity index (χ2v) is 10.3. The number of nitrogens with one attached hydrogen (secondary N) is 2. The molecule has 5 aromatic rings. The van der Waals surface area contributed by atoms with Crippen LogP contribution in [0.5, 0.6) is 5.75 Å². The average molecular weight is 523 g/mol. The summed E-state index contributed by atoms with van der Waals surface area (Å²) in [6, 6.07) is 29.1. The van der Waals surface area contributed by atoms with E-state index in [9.17, 15) is 9.59 Å². The van der Waals surface area contributed by atoms with Crippen LogP contribution in [0.1, 0.15) is 27.9 Å². The zero-order chi connectivity index (χ0) is 26.3. The molecule has 5 nitrogen and oxygen atoms in total. The number of rotatable bonds is 10. The van der Waals surface area contributed by atoms with Gasteiger partial charge in [-0.15, -0.1) is 11.3 Å². The maximum absolute atomic E-state index is 13.1. The number of ether oxygens (including phenoxy) is 1. The summed E-state index contributed by atoms with van der Waals surface area (Å²) in [4.78, 5) is 26.1. The number of methoxy groups -OCH3 is 1. The number of aryl methyl sites for hydroxylation is 1. The van der Waals surface area contributed by atoms with Gasteiger partial charge in [0.25, 0.3) is 5.91 Å². The Morgan fingerprint density at radius 3 is 2.29 bits per heavy atom. The highest BCUT2D eigenvalue weighted by atomic mass is 32.1. The second kappa shape index (κ2) is 12.0. The number of hydrogen-bond donors (Lipinski definition) is 2. The van der Waals surface area contributed by atoms with Crippen LogP contribution in [0.15, 0.2) is 95.8 Å². The summed E-state index contributed by atoms with van der Waals surface area (Å²) in [5, 5.41) is 7.77. The van der Waals surface area contributed by atoms with E-state index in [1.807, 2.05) is 48.5 Å². The fraction of sp³-hybridized carbons (Fsp3) is 0.188. The first-order chi connectivity index (χ1) is 18.6. The van der Waals surface area contributed by atoms with Gasteiger partial charge in [-0.1, -0.05) is 42.5 Å². The van der Waals surface area contributed by atoms with Crippen molar-refractivity contribution < 1.29 is 9.53 Å². The molecule has 0 fully saturated rings. The van der Waals surface area contributed by atoms with E-state index in [2.05, 4.69) is 34.9 Å². The van der Waals surface area contributed by atoms with E-state index in [4.69, 9.17) is 4.74 Å². The molecule has 0 aliphatic rings. The topological polar surface area (TPSA) is 67.4 Å². The minimum absolute atomic E-state index is 0.0384. The monoisotopic (exact) mass is 522 g/mol. The van der Waals surface area contributed by atoms with Crippen LogP contribution >= 0.6 is 11.3 Å². The summed E-state index contributed by atoms with van der Waals surface area (Å²) in [7, 11) is 1.68. The Bertz CT molecular complexity index is 1610. The first-order valence-corrected chi connectivity index (χ1v) is 13.6. The number of hydrogen-bond acceptors (Lipinski definition) is 5. The van der Waals surface area contributed by atoms with Crippen molar-refractivity contribution in [2.45, 2.75) is 19.3 Å².